The molecule has 0 amide bonds. The first kappa shape index (κ1) is 12.4. The quantitative estimate of drug-likeness (QED) is 0.679. The number of hydrogen-bond donors (Lipinski definition) is 3. The van der Waals surface area contributed by atoms with Crippen molar-refractivity contribution in [1.82, 2.24) is 9.97 Å². The molecule has 0 saturated carbocycles. The van der Waals surface area contributed by atoms with Crippen LogP contribution >= 0.6 is 0 Å². The number of nitrogens with zero attached hydrogens (tertiary/aromatic N) is 1. The number of aromatic amines is 1. The second-order valence-corrected chi connectivity index (χ2v) is 4.58. The monoisotopic (exact) mass is 267 g/mol. The van der Waals surface area contributed by atoms with E-state index in [4.69, 9.17) is 10.8 Å². The van der Waals surface area contributed by atoms with Gasteiger partial charge < -0.3 is 15.8 Å². The maximum Gasteiger partial charge on any atom is 0.335 e. The zero-order chi connectivity index (χ0) is 14.1. The number of carboxylic acids is 1. The number of fused-ring (bicyclic) bond motifs is 1. The summed E-state index contributed by atoms with van der Waals surface area (Å²) < 4.78 is 0. The number of H-pyrrole nitrogens is 1. The molecule has 4 N–H and O–H groups in total. The summed E-state index contributed by atoms with van der Waals surface area (Å²) in [7, 11) is 0. The SMILES string of the molecule is NC(c1ccc(C(=O)O)cc1)c1ccc2nc[nH]c2c1. The summed E-state index contributed by atoms with van der Waals surface area (Å²) >= 11 is 0. The highest BCUT2D eigenvalue weighted by atomic mass is 16.4. The van der Waals surface area contributed by atoms with Crippen LogP contribution < -0.4 is 5.73 Å². The Kier molecular flexibility index (Phi) is 2.96. The Labute approximate surface area is 115 Å². The number of nitrogens with one attached hydrogen (secondary N) is 1. The van der Waals surface area contributed by atoms with E-state index < -0.39 is 5.97 Å². The zero-order valence-corrected chi connectivity index (χ0v) is 10.6. The molecule has 100 valence electrons. The van der Waals surface area contributed by atoms with Crippen molar-refractivity contribution in [2.24, 2.45) is 5.73 Å². The molecule has 5 heteroatoms. The van der Waals surface area contributed by atoms with Crippen LogP contribution in [0.4, 0.5) is 0 Å². The van der Waals surface area contributed by atoms with Gasteiger partial charge in [-0.1, -0.05) is 18.2 Å². The predicted octanol–water partition coefficient (Wildman–Crippen LogP) is 2.31. The lowest BCUT2D eigenvalue weighted by Crippen LogP contribution is -2.12. The normalized spacial score (nSPS) is 12.4. The number of benzene rings is 2. The van der Waals surface area contributed by atoms with E-state index in [0.717, 1.165) is 22.2 Å². The molecule has 1 aromatic heterocycles. The van der Waals surface area contributed by atoms with Crippen LogP contribution in [0.2, 0.25) is 0 Å². The Morgan fingerprint density at radius 1 is 1.15 bits per heavy atom. The summed E-state index contributed by atoms with van der Waals surface area (Å²) in [5.74, 6) is -0.941. The molecule has 20 heavy (non-hydrogen) atoms. The van der Waals surface area contributed by atoms with E-state index in [9.17, 15) is 4.79 Å². The topological polar surface area (TPSA) is 92.0 Å². The minimum atomic E-state index is -0.941. The molecule has 1 heterocycles. The molecule has 0 aliphatic carbocycles. The van der Waals surface area contributed by atoms with E-state index in [2.05, 4.69) is 9.97 Å². The van der Waals surface area contributed by atoms with E-state index in [1.807, 2.05) is 18.2 Å². The molecule has 1 atom stereocenters. The molecule has 3 rings (SSSR count). The van der Waals surface area contributed by atoms with Gasteiger partial charge in [0.2, 0.25) is 0 Å². The van der Waals surface area contributed by atoms with Gasteiger partial charge in [0.1, 0.15) is 0 Å². The molecule has 0 aliphatic rings. The van der Waals surface area contributed by atoms with Crippen molar-refractivity contribution in [2.75, 3.05) is 0 Å². The number of hydrogen-bond acceptors (Lipinski definition) is 3. The van der Waals surface area contributed by atoms with E-state index in [1.165, 1.54) is 0 Å². The molecule has 3 aromatic rings. The first-order chi connectivity index (χ1) is 9.65. The van der Waals surface area contributed by atoms with Crippen LogP contribution in [0.25, 0.3) is 11.0 Å². The Bertz CT molecular complexity index is 762. The van der Waals surface area contributed by atoms with Crippen LogP contribution in [0.5, 0.6) is 0 Å². The smallest absolute Gasteiger partial charge is 0.335 e. The Hall–Kier alpha value is -2.66. The van der Waals surface area contributed by atoms with Crippen LogP contribution in [0.15, 0.2) is 48.8 Å². The highest BCUT2D eigenvalue weighted by Crippen LogP contribution is 2.22. The van der Waals surface area contributed by atoms with E-state index in [-0.39, 0.29) is 11.6 Å². The van der Waals surface area contributed by atoms with Gasteiger partial charge in [0.25, 0.3) is 0 Å². The van der Waals surface area contributed by atoms with Crippen molar-refractivity contribution in [3.63, 3.8) is 0 Å². The van der Waals surface area contributed by atoms with Crippen LogP contribution in [0, 0.1) is 0 Å². The second kappa shape index (κ2) is 4.79. The number of carboxylic acid groups (broad SMARTS) is 1. The lowest BCUT2D eigenvalue weighted by molar-refractivity contribution is 0.0697. The van der Waals surface area contributed by atoms with Gasteiger partial charge in [-0.25, -0.2) is 9.78 Å². The van der Waals surface area contributed by atoms with Crippen molar-refractivity contribution >= 4 is 17.0 Å². The molecule has 2 aromatic carbocycles. The Morgan fingerprint density at radius 2 is 1.85 bits per heavy atom. The first-order valence-electron chi connectivity index (χ1n) is 6.17. The molecule has 5 nitrogen and oxygen atoms in total. The lowest BCUT2D eigenvalue weighted by Gasteiger charge is -2.12. The predicted molar refractivity (Wildman–Crippen MR) is 75.5 cm³/mol. The summed E-state index contributed by atoms with van der Waals surface area (Å²) in [5.41, 5.74) is 10.1. The van der Waals surface area contributed by atoms with Gasteiger partial charge in [0, 0.05) is 0 Å². The number of nitrogens with two attached hydrogens (primary N) is 1. The van der Waals surface area contributed by atoms with Crippen molar-refractivity contribution in [1.29, 1.82) is 0 Å². The zero-order valence-electron chi connectivity index (χ0n) is 10.6. The molecule has 0 saturated heterocycles. The third-order valence-electron chi connectivity index (χ3n) is 3.32. The molecule has 0 aliphatic heterocycles. The molecular formula is C15H13N3O2. The number of aromatic nitrogens is 2. The number of imidazole rings is 1. The van der Waals surface area contributed by atoms with Crippen LogP contribution in [0.1, 0.15) is 27.5 Å². The minimum Gasteiger partial charge on any atom is -0.478 e. The Balaban J connectivity index is 1.94. The van der Waals surface area contributed by atoms with Gasteiger partial charge in [-0.3, -0.25) is 0 Å². The maximum absolute atomic E-state index is 10.8. The molecule has 1 unspecified atom stereocenters. The van der Waals surface area contributed by atoms with Gasteiger partial charge in [0.15, 0.2) is 0 Å². The van der Waals surface area contributed by atoms with Crippen molar-refractivity contribution in [3.05, 3.63) is 65.5 Å². The molecule has 0 spiro atoms. The average Bonchev–Trinajstić information content (AvgIpc) is 2.94. The Morgan fingerprint density at radius 3 is 2.55 bits per heavy atom. The largest absolute Gasteiger partial charge is 0.478 e. The van der Waals surface area contributed by atoms with Gasteiger partial charge in [0.05, 0.1) is 29.0 Å². The fraction of sp³-hybridized carbons (Fsp3) is 0.0667. The summed E-state index contributed by atoms with van der Waals surface area (Å²) in [5, 5.41) is 8.88. The fourth-order valence-corrected chi connectivity index (χ4v) is 2.17. The molecular weight excluding hydrogens is 254 g/mol. The van der Waals surface area contributed by atoms with Gasteiger partial charge in [-0.05, 0) is 35.4 Å². The summed E-state index contributed by atoms with van der Waals surface area (Å²) in [6.07, 6.45) is 1.64. The summed E-state index contributed by atoms with van der Waals surface area (Å²) in [6.45, 7) is 0. The van der Waals surface area contributed by atoms with E-state index in [0.29, 0.717) is 0 Å². The molecule has 0 bridgehead atoms. The van der Waals surface area contributed by atoms with Crippen molar-refractivity contribution in [2.45, 2.75) is 6.04 Å². The molecule has 0 radical (unpaired) electrons. The highest BCUT2D eigenvalue weighted by Gasteiger charge is 2.11. The van der Waals surface area contributed by atoms with Crippen LogP contribution in [-0.2, 0) is 0 Å². The van der Waals surface area contributed by atoms with Gasteiger partial charge >= 0.3 is 5.97 Å². The van der Waals surface area contributed by atoms with Gasteiger partial charge in [-0.2, -0.15) is 0 Å². The highest BCUT2D eigenvalue weighted by molar-refractivity contribution is 5.87. The number of carbonyl (C=O) groups is 1. The van der Waals surface area contributed by atoms with Crippen molar-refractivity contribution in [3.8, 4) is 0 Å². The maximum atomic E-state index is 10.8. The first-order valence-corrected chi connectivity index (χ1v) is 6.17. The van der Waals surface area contributed by atoms with Crippen LogP contribution in [0.3, 0.4) is 0 Å². The van der Waals surface area contributed by atoms with Crippen LogP contribution in [-0.4, -0.2) is 21.0 Å². The summed E-state index contributed by atoms with van der Waals surface area (Å²) in [4.78, 5) is 18.0. The number of aromatic carboxylic acids is 1. The van der Waals surface area contributed by atoms with Crippen molar-refractivity contribution < 1.29 is 9.90 Å². The minimum absolute atomic E-state index is 0.255. The standard InChI is InChI=1S/C15H13N3O2/c16-14(9-1-3-10(4-2-9)15(19)20)11-5-6-12-13(7-11)18-8-17-12/h1-8,14H,16H2,(H,17,18)(H,19,20). The number of rotatable bonds is 3. The lowest BCUT2D eigenvalue weighted by atomic mass is 9.98. The van der Waals surface area contributed by atoms with E-state index >= 15 is 0 Å². The second-order valence-electron chi connectivity index (χ2n) is 4.58. The van der Waals surface area contributed by atoms with E-state index in [1.54, 1.807) is 30.6 Å². The fourth-order valence-electron chi connectivity index (χ4n) is 2.17. The third-order valence-corrected chi connectivity index (χ3v) is 3.32. The van der Waals surface area contributed by atoms with Gasteiger partial charge in [-0.15, -0.1) is 0 Å². The third kappa shape index (κ3) is 2.15. The summed E-state index contributed by atoms with van der Waals surface area (Å²) in [6, 6.07) is 12.1. The molecule has 0 fully saturated rings. The average molecular weight is 267 g/mol.